The van der Waals surface area contributed by atoms with Gasteiger partial charge in [-0.25, -0.2) is 12.8 Å². The summed E-state index contributed by atoms with van der Waals surface area (Å²) in [5, 5.41) is 0. The molecular formula is C15H18F4N2O3S. The van der Waals surface area contributed by atoms with Gasteiger partial charge in [0.25, 0.3) is 5.91 Å². The zero-order chi connectivity index (χ0) is 18.8. The molecule has 0 radical (unpaired) electrons. The van der Waals surface area contributed by atoms with E-state index in [-0.39, 0.29) is 24.4 Å². The van der Waals surface area contributed by atoms with Crippen LogP contribution in [-0.4, -0.2) is 68.9 Å². The van der Waals surface area contributed by atoms with Crippen molar-refractivity contribution in [1.29, 1.82) is 0 Å². The maximum atomic E-state index is 13.3. The van der Waals surface area contributed by atoms with Crippen LogP contribution in [0.25, 0.3) is 0 Å². The third-order valence-corrected chi connectivity index (χ3v) is 4.88. The summed E-state index contributed by atoms with van der Waals surface area (Å²) in [5.74, 6) is -2.02. The summed E-state index contributed by atoms with van der Waals surface area (Å²) in [5.41, 5.74) is -1.69. The van der Waals surface area contributed by atoms with Crippen molar-refractivity contribution in [2.75, 3.05) is 44.7 Å². The monoisotopic (exact) mass is 382 g/mol. The lowest BCUT2D eigenvalue weighted by Crippen LogP contribution is -2.49. The van der Waals surface area contributed by atoms with Crippen molar-refractivity contribution in [2.24, 2.45) is 0 Å². The maximum Gasteiger partial charge on any atom is 0.419 e. The van der Waals surface area contributed by atoms with Crippen LogP contribution in [0, 0.1) is 5.82 Å². The summed E-state index contributed by atoms with van der Waals surface area (Å²) in [7, 11) is -3.08. The first-order valence-corrected chi connectivity index (χ1v) is 9.59. The minimum Gasteiger partial charge on any atom is -0.336 e. The van der Waals surface area contributed by atoms with E-state index in [1.165, 1.54) is 4.90 Å². The fraction of sp³-hybridized carbons (Fsp3) is 0.533. The first kappa shape index (κ1) is 19.6. The van der Waals surface area contributed by atoms with Crippen LogP contribution in [0.1, 0.15) is 15.9 Å². The van der Waals surface area contributed by atoms with Crippen molar-refractivity contribution in [3.05, 3.63) is 35.1 Å². The van der Waals surface area contributed by atoms with Gasteiger partial charge in [0.2, 0.25) is 0 Å². The van der Waals surface area contributed by atoms with Gasteiger partial charge >= 0.3 is 6.18 Å². The maximum absolute atomic E-state index is 13.3. The molecule has 1 heterocycles. The van der Waals surface area contributed by atoms with Crippen molar-refractivity contribution in [2.45, 2.75) is 6.18 Å². The highest BCUT2D eigenvalue weighted by Crippen LogP contribution is 2.32. The van der Waals surface area contributed by atoms with Gasteiger partial charge in [0.1, 0.15) is 15.7 Å². The normalized spacial score (nSPS) is 16.9. The molecule has 0 atom stereocenters. The lowest BCUT2D eigenvalue weighted by Gasteiger charge is -2.34. The fourth-order valence-electron chi connectivity index (χ4n) is 2.53. The second kappa shape index (κ2) is 7.28. The molecule has 0 spiro atoms. The van der Waals surface area contributed by atoms with Gasteiger partial charge in [0.05, 0.1) is 11.3 Å². The lowest BCUT2D eigenvalue weighted by molar-refractivity contribution is -0.140. The average Bonchev–Trinajstić information content (AvgIpc) is 2.51. The molecule has 10 heteroatoms. The van der Waals surface area contributed by atoms with Crippen LogP contribution in [0.15, 0.2) is 18.2 Å². The first-order chi connectivity index (χ1) is 11.5. The summed E-state index contributed by atoms with van der Waals surface area (Å²) < 4.78 is 73.9. The molecule has 1 saturated heterocycles. The fourth-order valence-corrected chi connectivity index (χ4v) is 3.12. The number of carbonyl (C=O) groups excluding carboxylic acids is 1. The molecule has 1 aromatic carbocycles. The molecule has 2 rings (SSSR count). The largest absolute Gasteiger partial charge is 0.419 e. The van der Waals surface area contributed by atoms with E-state index in [1.807, 2.05) is 4.90 Å². The van der Waals surface area contributed by atoms with E-state index >= 15 is 0 Å². The van der Waals surface area contributed by atoms with E-state index in [1.54, 1.807) is 0 Å². The molecule has 5 nitrogen and oxygen atoms in total. The molecular weight excluding hydrogens is 364 g/mol. The number of benzene rings is 1. The summed E-state index contributed by atoms with van der Waals surface area (Å²) in [6.07, 6.45) is -3.73. The predicted molar refractivity (Wildman–Crippen MR) is 83.5 cm³/mol. The number of nitrogens with zero attached hydrogens (tertiary/aromatic N) is 2. The van der Waals surface area contributed by atoms with Gasteiger partial charge in [0, 0.05) is 44.5 Å². The van der Waals surface area contributed by atoms with Crippen LogP contribution in [0.5, 0.6) is 0 Å². The number of sulfone groups is 1. The Morgan fingerprint density at radius 3 is 2.28 bits per heavy atom. The van der Waals surface area contributed by atoms with Gasteiger partial charge < -0.3 is 4.90 Å². The van der Waals surface area contributed by atoms with Crippen molar-refractivity contribution in [1.82, 2.24) is 9.80 Å². The third kappa shape index (κ3) is 5.40. The second-order valence-corrected chi connectivity index (χ2v) is 8.22. The van der Waals surface area contributed by atoms with Gasteiger partial charge in [0.15, 0.2) is 0 Å². The molecule has 0 N–H and O–H groups in total. The smallest absolute Gasteiger partial charge is 0.336 e. The zero-order valence-corrected chi connectivity index (χ0v) is 14.3. The van der Waals surface area contributed by atoms with Crippen molar-refractivity contribution in [3.63, 3.8) is 0 Å². The average molecular weight is 382 g/mol. The SMILES string of the molecule is CS(=O)(=O)CCN1CCN(C(=O)c2ccc(F)c(C(F)(F)F)c2)CC1. The molecule has 0 unspecified atom stereocenters. The van der Waals surface area contributed by atoms with Crippen LogP contribution in [-0.2, 0) is 16.0 Å². The van der Waals surface area contributed by atoms with E-state index < -0.39 is 33.3 Å². The van der Waals surface area contributed by atoms with Gasteiger partial charge in [-0.1, -0.05) is 0 Å². The molecule has 1 amide bonds. The minimum atomic E-state index is -4.87. The molecule has 0 aliphatic carbocycles. The second-order valence-electron chi connectivity index (χ2n) is 5.96. The van der Waals surface area contributed by atoms with Crippen LogP contribution >= 0.6 is 0 Å². The van der Waals surface area contributed by atoms with Crippen LogP contribution in [0.4, 0.5) is 17.6 Å². The van der Waals surface area contributed by atoms with Crippen molar-refractivity contribution in [3.8, 4) is 0 Å². The van der Waals surface area contributed by atoms with E-state index in [4.69, 9.17) is 0 Å². The zero-order valence-electron chi connectivity index (χ0n) is 13.5. The van der Waals surface area contributed by atoms with Gasteiger partial charge in [-0.15, -0.1) is 0 Å². The Kier molecular flexibility index (Phi) is 5.72. The molecule has 25 heavy (non-hydrogen) atoms. The van der Waals surface area contributed by atoms with Crippen molar-refractivity contribution >= 4 is 15.7 Å². The Labute approximate surface area is 143 Å². The number of piperazine rings is 1. The van der Waals surface area contributed by atoms with Gasteiger partial charge in [-0.05, 0) is 18.2 Å². The number of hydrogen-bond acceptors (Lipinski definition) is 4. The molecule has 1 aliphatic rings. The molecule has 1 aliphatic heterocycles. The molecule has 0 aromatic heterocycles. The minimum absolute atomic E-state index is 0.00779. The number of halogens is 4. The summed E-state index contributed by atoms with van der Waals surface area (Å²) in [4.78, 5) is 15.6. The first-order valence-electron chi connectivity index (χ1n) is 7.53. The predicted octanol–water partition coefficient (Wildman–Crippen LogP) is 1.65. The highest BCUT2D eigenvalue weighted by Gasteiger charge is 2.35. The number of rotatable bonds is 4. The molecule has 140 valence electrons. The van der Waals surface area contributed by atoms with Crippen LogP contribution < -0.4 is 0 Å². The molecule has 0 saturated carbocycles. The Balaban J connectivity index is 2.01. The van der Waals surface area contributed by atoms with E-state index in [0.717, 1.165) is 12.3 Å². The van der Waals surface area contributed by atoms with E-state index in [9.17, 15) is 30.8 Å². The number of alkyl halides is 3. The Morgan fingerprint density at radius 1 is 1.16 bits per heavy atom. The van der Waals surface area contributed by atoms with Crippen molar-refractivity contribution < 1.29 is 30.8 Å². The standard InChI is InChI=1S/C15H18F4N2O3S/c1-25(23,24)9-8-20-4-6-21(7-5-20)14(22)11-2-3-13(16)12(10-11)15(17,18)19/h2-3,10H,4-9H2,1H3. The van der Waals surface area contributed by atoms with E-state index in [0.29, 0.717) is 31.8 Å². The number of amides is 1. The molecule has 0 bridgehead atoms. The number of carbonyl (C=O) groups is 1. The quantitative estimate of drug-likeness (QED) is 0.743. The molecule has 1 aromatic rings. The highest BCUT2D eigenvalue weighted by atomic mass is 32.2. The van der Waals surface area contributed by atoms with Gasteiger partial charge in [-0.2, -0.15) is 13.2 Å². The summed E-state index contributed by atoms with van der Waals surface area (Å²) >= 11 is 0. The highest BCUT2D eigenvalue weighted by molar-refractivity contribution is 7.90. The lowest BCUT2D eigenvalue weighted by atomic mass is 10.1. The third-order valence-electron chi connectivity index (χ3n) is 3.96. The van der Waals surface area contributed by atoms with Crippen LogP contribution in [0.2, 0.25) is 0 Å². The topological polar surface area (TPSA) is 57.7 Å². The summed E-state index contributed by atoms with van der Waals surface area (Å²) in [6, 6.07) is 2.19. The van der Waals surface area contributed by atoms with Gasteiger partial charge in [-0.3, -0.25) is 9.69 Å². The Hall–Kier alpha value is -1.68. The van der Waals surface area contributed by atoms with Crippen LogP contribution in [0.3, 0.4) is 0 Å². The Bertz CT molecular complexity index is 742. The number of hydrogen-bond donors (Lipinski definition) is 0. The Morgan fingerprint density at radius 2 is 1.76 bits per heavy atom. The summed E-state index contributed by atoms with van der Waals surface area (Å²) in [6.45, 7) is 1.72. The van der Waals surface area contributed by atoms with E-state index in [2.05, 4.69) is 0 Å². The molecule has 1 fully saturated rings.